The number of ether oxygens (including phenoxy) is 2. The van der Waals surface area contributed by atoms with Crippen molar-refractivity contribution in [3.8, 4) is 5.75 Å². The zero-order valence-electron chi connectivity index (χ0n) is 16.6. The number of para-hydroxylation sites is 1. The summed E-state index contributed by atoms with van der Waals surface area (Å²) in [6.45, 7) is 3.67. The van der Waals surface area contributed by atoms with Crippen LogP contribution >= 0.6 is 0 Å². The number of rotatable bonds is 9. The summed E-state index contributed by atoms with van der Waals surface area (Å²) in [5.74, 6) is -0.218. The van der Waals surface area contributed by atoms with E-state index in [-0.39, 0.29) is 18.6 Å². The molecular weight excluding hydrogens is 354 g/mol. The molecule has 5 heteroatoms. The predicted molar refractivity (Wildman–Crippen MR) is 111 cm³/mol. The van der Waals surface area contributed by atoms with E-state index in [4.69, 9.17) is 9.47 Å². The SMILES string of the molecule is CCC[C@H](C)NC(=O)COC(=O)/C(=C/c1ccccc1OC)c1ccccc1. The minimum atomic E-state index is -0.560. The van der Waals surface area contributed by atoms with Crippen LogP contribution < -0.4 is 10.1 Å². The molecular formula is C23H27NO4. The van der Waals surface area contributed by atoms with Crippen molar-refractivity contribution in [2.75, 3.05) is 13.7 Å². The molecule has 2 rings (SSSR count). The highest BCUT2D eigenvalue weighted by molar-refractivity contribution is 6.22. The summed E-state index contributed by atoms with van der Waals surface area (Å²) >= 11 is 0. The number of esters is 1. The second-order valence-corrected chi connectivity index (χ2v) is 6.50. The van der Waals surface area contributed by atoms with Crippen molar-refractivity contribution in [3.63, 3.8) is 0 Å². The van der Waals surface area contributed by atoms with Gasteiger partial charge in [0.2, 0.25) is 0 Å². The van der Waals surface area contributed by atoms with E-state index in [0.717, 1.165) is 18.4 Å². The lowest BCUT2D eigenvalue weighted by Crippen LogP contribution is -2.35. The van der Waals surface area contributed by atoms with Crippen molar-refractivity contribution >= 4 is 23.5 Å². The maximum absolute atomic E-state index is 12.8. The standard InChI is InChI=1S/C23H27NO4/c1-4-10-17(2)24-22(25)16-28-23(26)20(18-11-6-5-7-12-18)15-19-13-8-9-14-21(19)27-3/h5-9,11-15,17H,4,10,16H2,1-3H3,(H,24,25)/b20-15+/t17-/m0/s1. The molecule has 28 heavy (non-hydrogen) atoms. The van der Waals surface area contributed by atoms with Gasteiger partial charge in [-0.05, 0) is 31.1 Å². The molecule has 0 bridgehead atoms. The maximum atomic E-state index is 12.8. The fourth-order valence-electron chi connectivity index (χ4n) is 2.85. The van der Waals surface area contributed by atoms with Crippen LogP contribution in [-0.2, 0) is 14.3 Å². The van der Waals surface area contributed by atoms with Gasteiger partial charge in [-0.2, -0.15) is 0 Å². The van der Waals surface area contributed by atoms with Crippen LogP contribution in [0.3, 0.4) is 0 Å². The molecule has 5 nitrogen and oxygen atoms in total. The zero-order chi connectivity index (χ0) is 20.4. The highest BCUT2D eigenvalue weighted by Gasteiger charge is 2.17. The second-order valence-electron chi connectivity index (χ2n) is 6.50. The number of amides is 1. The Morgan fingerprint density at radius 1 is 1.07 bits per heavy atom. The molecule has 1 amide bonds. The lowest BCUT2D eigenvalue weighted by molar-refractivity contribution is -0.143. The molecule has 1 N–H and O–H groups in total. The Kier molecular flexibility index (Phi) is 8.28. The Hall–Kier alpha value is -3.08. The average Bonchev–Trinajstić information content (AvgIpc) is 2.71. The Labute approximate surface area is 166 Å². The highest BCUT2D eigenvalue weighted by Crippen LogP contribution is 2.25. The van der Waals surface area contributed by atoms with Gasteiger partial charge in [0.05, 0.1) is 12.7 Å². The first-order valence-corrected chi connectivity index (χ1v) is 9.41. The maximum Gasteiger partial charge on any atom is 0.339 e. The molecule has 0 fully saturated rings. The Morgan fingerprint density at radius 2 is 1.75 bits per heavy atom. The number of carbonyl (C=O) groups is 2. The second kappa shape index (κ2) is 10.9. The third kappa shape index (κ3) is 6.27. The van der Waals surface area contributed by atoms with Crippen LogP contribution in [0.15, 0.2) is 54.6 Å². The van der Waals surface area contributed by atoms with Gasteiger partial charge in [0.15, 0.2) is 6.61 Å². The van der Waals surface area contributed by atoms with Crippen LogP contribution in [0, 0.1) is 0 Å². The minimum absolute atomic E-state index is 0.0499. The molecule has 0 unspecified atom stereocenters. The lowest BCUT2D eigenvalue weighted by atomic mass is 10.0. The van der Waals surface area contributed by atoms with Crippen molar-refractivity contribution in [3.05, 3.63) is 65.7 Å². The van der Waals surface area contributed by atoms with Gasteiger partial charge >= 0.3 is 5.97 Å². The van der Waals surface area contributed by atoms with Gasteiger partial charge < -0.3 is 14.8 Å². The molecule has 0 aliphatic rings. The molecule has 0 saturated carbocycles. The Bertz CT molecular complexity index is 814. The molecule has 0 aliphatic heterocycles. The predicted octanol–water partition coefficient (Wildman–Crippen LogP) is 4.08. The third-order valence-electron chi connectivity index (χ3n) is 4.21. The molecule has 0 heterocycles. The van der Waals surface area contributed by atoms with E-state index in [1.165, 1.54) is 0 Å². The molecule has 0 saturated heterocycles. The number of methoxy groups -OCH3 is 1. The number of nitrogens with one attached hydrogen (secondary N) is 1. The summed E-state index contributed by atoms with van der Waals surface area (Å²) in [6, 6.07) is 16.7. The fraction of sp³-hybridized carbons (Fsp3) is 0.304. The Morgan fingerprint density at radius 3 is 2.43 bits per heavy atom. The first kappa shape index (κ1) is 21.2. The number of benzene rings is 2. The molecule has 0 aromatic heterocycles. The van der Waals surface area contributed by atoms with E-state index in [2.05, 4.69) is 12.2 Å². The van der Waals surface area contributed by atoms with E-state index >= 15 is 0 Å². The van der Waals surface area contributed by atoms with Crippen molar-refractivity contribution in [2.24, 2.45) is 0 Å². The van der Waals surface area contributed by atoms with Crippen LogP contribution in [0.5, 0.6) is 5.75 Å². The molecule has 0 spiro atoms. The van der Waals surface area contributed by atoms with Crippen LogP contribution in [0.25, 0.3) is 11.6 Å². The smallest absolute Gasteiger partial charge is 0.339 e. The largest absolute Gasteiger partial charge is 0.496 e. The third-order valence-corrected chi connectivity index (χ3v) is 4.21. The van der Waals surface area contributed by atoms with Gasteiger partial charge in [0, 0.05) is 11.6 Å². The van der Waals surface area contributed by atoms with Gasteiger partial charge in [-0.25, -0.2) is 4.79 Å². The van der Waals surface area contributed by atoms with Crippen molar-refractivity contribution in [1.82, 2.24) is 5.32 Å². The molecule has 148 valence electrons. The van der Waals surface area contributed by atoms with E-state index in [0.29, 0.717) is 16.9 Å². The van der Waals surface area contributed by atoms with E-state index < -0.39 is 5.97 Å². The Balaban J connectivity index is 2.19. The summed E-state index contributed by atoms with van der Waals surface area (Å²) in [5.41, 5.74) is 1.82. The van der Waals surface area contributed by atoms with Gasteiger partial charge in [-0.1, -0.05) is 61.9 Å². The summed E-state index contributed by atoms with van der Waals surface area (Å²) in [5, 5.41) is 2.83. The van der Waals surface area contributed by atoms with Crippen LogP contribution in [0.4, 0.5) is 0 Å². The zero-order valence-corrected chi connectivity index (χ0v) is 16.6. The highest BCUT2D eigenvalue weighted by atomic mass is 16.5. The van der Waals surface area contributed by atoms with Crippen molar-refractivity contribution < 1.29 is 19.1 Å². The molecule has 2 aromatic rings. The lowest BCUT2D eigenvalue weighted by Gasteiger charge is -2.14. The fourth-order valence-corrected chi connectivity index (χ4v) is 2.85. The van der Waals surface area contributed by atoms with Crippen molar-refractivity contribution in [2.45, 2.75) is 32.7 Å². The molecule has 1 atom stereocenters. The van der Waals surface area contributed by atoms with Gasteiger partial charge in [0.1, 0.15) is 5.75 Å². The monoisotopic (exact) mass is 381 g/mol. The van der Waals surface area contributed by atoms with Crippen LogP contribution in [0.2, 0.25) is 0 Å². The normalized spacial score (nSPS) is 12.2. The molecule has 0 radical (unpaired) electrons. The topological polar surface area (TPSA) is 64.6 Å². The molecule has 0 aliphatic carbocycles. The van der Waals surface area contributed by atoms with Crippen LogP contribution in [0.1, 0.15) is 37.8 Å². The van der Waals surface area contributed by atoms with E-state index in [1.807, 2.05) is 61.5 Å². The number of carbonyl (C=O) groups excluding carboxylic acids is 2. The minimum Gasteiger partial charge on any atom is -0.496 e. The average molecular weight is 381 g/mol. The first-order valence-electron chi connectivity index (χ1n) is 9.41. The summed E-state index contributed by atoms with van der Waals surface area (Å²) in [6.07, 6.45) is 3.57. The summed E-state index contributed by atoms with van der Waals surface area (Å²) < 4.78 is 10.7. The quantitative estimate of drug-likeness (QED) is 0.404. The van der Waals surface area contributed by atoms with Crippen molar-refractivity contribution in [1.29, 1.82) is 0 Å². The molecule has 2 aromatic carbocycles. The number of hydrogen-bond donors (Lipinski definition) is 1. The van der Waals surface area contributed by atoms with Gasteiger partial charge in [-0.15, -0.1) is 0 Å². The summed E-state index contributed by atoms with van der Waals surface area (Å²) in [7, 11) is 1.58. The summed E-state index contributed by atoms with van der Waals surface area (Å²) in [4.78, 5) is 24.8. The van der Waals surface area contributed by atoms with Crippen LogP contribution in [-0.4, -0.2) is 31.6 Å². The van der Waals surface area contributed by atoms with Gasteiger partial charge in [0.25, 0.3) is 5.91 Å². The van der Waals surface area contributed by atoms with Gasteiger partial charge in [-0.3, -0.25) is 4.79 Å². The first-order chi connectivity index (χ1) is 13.5. The van der Waals surface area contributed by atoms with E-state index in [9.17, 15) is 9.59 Å². The number of hydrogen-bond acceptors (Lipinski definition) is 4. The van der Waals surface area contributed by atoms with E-state index in [1.54, 1.807) is 13.2 Å².